The van der Waals surface area contributed by atoms with Crippen molar-refractivity contribution in [2.24, 2.45) is 0 Å². The van der Waals surface area contributed by atoms with Crippen LogP contribution in [0.5, 0.6) is 11.5 Å². The van der Waals surface area contributed by atoms with E-state index >= 15 is 0 Å². The van der Waals surface area contributed by atoms with E-state index in [0.717, 1.165) is 58.5 Å². The fraction of sp³-hybridized carbons (Fsp3) is 0.0811. The van der Waals surface area contributed by atoms with Crippen LogP contribution in [0.25, 0.3) is 0 Å². The zero-order valence-corrected chi connectivity index (χ0v) is 23.1. The third-order valence-corrected chi connectivity index (χ3v) is 7.11. The van der Waals surface area contributed by atoms with Crippen molar-refractivity contribution in [2.45, 2.75) is 12.8 Å². The van der Waals surface area contributed by atoms with E-state index in [9.17, 15) is 0 Å². The molecule has 0 radical (unpaired) electrons. The summed E-state index contributed by atoms with van der Waals surface area (Å²) in [5.74, 6) is 2.63. The first-order chi connectivity index (χ1) is 20.3. The number of methoxy groups -OCH3 is 1. The predicted octanol–water partition coefficient (Wildman–Crippen LogP) is 10.3. The normalized spacial score (nSPS) is 12.6. The molecule has 0 aromatic heterocycles. The first-order valence-electron chi connectivity index (χ1n) is 13.9. The van der Waals surface area contributed by atoms with E-state index in [0.29, 0.717) is 0 Å². The molecule has 0 bridgehead atoms. The number of hydrogen-bond acceptors (Lipinski definition) is 4. The van der Waals surface area contributed by atoms with Crippen LogP contribution in [0.15, 0.2) is 163 Å². The lowest BCUT2D eigenvalue weighted by Gasteiger charge is -2.30. The molecule has 0 heterocycles. The number of hydrogen-bond donors (Lipinski definition) is 0. The SMILES string of the molecule is COC1=CC=C(N(c2ccccc2)c2ccc(N(c3ccccc3)c3ccc(Oc4ccccc4)cc3)cc2)CC1. The Bertz CT molecular complexity index is 1610. The van der Waals surface area contributed by atoms with Crippen LogP contribution in [-0.4, -0.2) is 7.11 Å². The van der Waals surface area contributed by atoms with Crippen LogP contribution in [0.2, 0.25) is 0 Å². The molecule has 41 heavy (non-hydrogen) atoms. The maximum atomic E-state index is 6.04. The van der Waals surface area contributed by atoms with E-state index in [1.54, 1.807) is 7.11 Å². The maximum absolute atomic E-state index is 6.04. The van der Waals surface area contributed by atoms with Gasteiger partial charge in [-0.1, -0.05) is 54.6 Å². The Hall–Kier alpha value is -5.22. The summed E-state index contributed by atoms with van der Waals surface area (Å²) in [5.41, 5.74) is 6.69. The number of ether oxygens (including phenoxy) is 2. The van der Waals surface area contributed by atoms with Gasteiger partial charge in [-0.2, -0.15) is 0 Å². The van der Waals surface area contributed by atoms with Crippen molar-refractivity contribution in [2.75, 3.05) is 16.9 Å². The fourth-order valence-corrected chi connectivity index (χ4v) is 5.08. The number of nitrogens with zero attached hydrogens (tertiary/aromatic N) is 2. The van der Waals surface area contributed by atoms with Crippen LogP contribution < -0.4 is 14.5 Å². The molecule has 4 heteroatoms. The van der Waals surface area contributed by atoms with Gasteiger partial charge in [0.05, 0.1) is 12.9 Å². The second-order valence-electron chi connectivity index (χ2n) is 9.76. The molecule has 5 aromatic carbocycles. The second-order valence-corrected chi connectivity index (χ2v) is 9.76. The highest BCUT2D eigenvalue weighted by molar-refractivity contribution is 5.79. The van der Waals surface area contributed by atoms with Gasteiger partial charge < -0.3 is 19.3 Å². The van der Waals surface area contributed by atoms with E-state index in [4.69, 9.17) is 9.47 Å². The first kappa shape index (κ1) is 26.0. The maximum Gasteiger partial charge on any atom is 0.127 e. The molecule has 0 spiro atoms. The molecular formula is C37H32N2O2. The number of benzene rings is 5. The van der Waals surface area contributed by atoms with Crippen LogP contribution in [0, 0.1) is 0 Å². The summed E-state index contributed by atoms with van der Waals surface area (Å²) in [6.45, 7) is 0. The van der Waals surface area contributed by atoms with Crippen molar-refractivity contribution in [3.8, 4) is 11.5 Å². The predicted molar refractivity (Wildman–Crippen MR) is 169 cm³/mol. The average Bonchev–Trinajstić information content (AvgIpc) is 3.05. The zero-order valence-electron chi connectivity index (χ0n) is 23.1. The van der Waals surface area contributed by atoms with Crippen LogP contribution in [0.4, 0.5) is 28.4 Å². The molecule has 0 amide bonds. The second kappa shape index (κ2) is 12.3. The van der Waals surface area contributed by atoms with Crippen molar-refractivity contribution in [3.63, 3.8) is 0 Å². The van der Waals surface area contributed by atoms with Gasteiger partial charge in [0.2, 0.25) is 0 Å². The third-order valence-electron chi connectivity index (χ3n) is 7.11. The highest BCUT2D eigenvalue weighted by atomic mass is 16.5. The third kappa shape index (κ3) is 6.02. The van der Waals surface area contributed by atoms with Crippen LogP contribution in [0.3, 0.4) is 0 Å². The van der Waals surface area contributed by atoms with Gasteiger partial charge in [-0.05, 0) is 104 Å². The summed E-state index contributed by atoms with van der Waals surface area (Å²) in [6, 6.07) is 47.8. The molecule has 0 saturated carbocycles. The van der Waals surface area contributed by atoms with Gasteiger partial charge in [0.1, 0.15) is 11.5 Å². The molecule has 6 rings (SSSR count). The van der Waals surface area contributed by atoms with E-state index in [1.165, 1.54) is 5.70 Å². The molecule has 0 N–H and O–H groups in total. The van der Waals surface area contributed by atoms with Crippen LogP contribution in [0.1, 0.15) is 12.8 Å². The minimum atomic E-state index is 0.799. The van der Waals surface area contributed by atoms with E-state index in [-0.39, 0.29) is 0 Å². The molecule has 202 valence electrons. The van der Waals surface area contributed by atoms with Gasteiger partial charge >= 0.3 is 0 Å². The standard InChI is InChI=1S/C37H32N2O2/c1-40-35-25-21-33(22-26-35)38(29-11-5-2-6-12-29)31-17-19-32(20-18-31)39(30-13-7-3-8-14-30)34-23-27-37(28-24-34)41-36-15-9-4-10-16-36/h2-21,23-25,27-28H,22,26H2,1H3. The summed E-state index contributed by atoms with van der Waals surface area (Å²) in [6.07, 6.45) is 6.03. The van der Waals surface area contributed by atoms with Crippen LogP contribution in [-0.2, 0) is 4.74 Å². The Morgan fingerprint density at radius 2 is 0.878 bits per heavy atom. The van der Waals surface area contributed by atoms with Gasteiger partial charge in [0, 0.05) is 40.6 Å². The molecule has 0 atom stereocenters. The lowest BCUT2D eigenvalue weighted by molar-refractivity contribution is 0.275. The van der Waals surface area contributed by atoms with E-state index in [2.05, 4.69) is 113 Å². The molecule has 4 nitrogen and oxygen atoms in total. The molecule has 0 aliphatic heterocycles. The molecular weight excluding hydrogens is 504 g/mol. The Kier molecular flexibility index (Phi) is 7.81. The highest BCUT2D eigenvalue weighted by Crippen LogP contribution is 2.39. The molecule has 0 saturated heterocycles. The average molecular weight is 537 g/mol. The minimum Gasteiger partial charge on any atom is -0.501 e. The van der Waals surface area contributed by atoms with Crippen molar-refractivity contribution in [1.29, 1.82) is 0 Å². The van der Waals surface area contributed by atoms with Crippen molar-refractivity contribution in [3.05, 3.63) is 163 Å². The minimum absolute atomic E-state index is 0.799. The molecule has 0 unspecified atom stereocenters. The van der Waals surface area contributed by atoms with Gasteiger partial charge in [0.25, 0.3) is 0 Å². The summed E-state index contributed by atoms with van der Waals surface area (Å²) in [4.78, 5) is 4.59. The lowest BCUT2D eigenvalue weighted by Crippen LogP contribution is -2.18. The van der Waals surface area contributed by atoms with Crippen molar-refractivity contribution in [1.82, 2.24) is 0 Å². The van der Waals surface area contributed by atoms with Gasteiger partial charge in [0.15, 0.2) is 0 Å². The Balaban J connectivity index is 1.33. The largest absolute Gasteiger partial charge is 0.501 e. The zero-order chi connectivity index (χ0) is 27.9. The molecule has 1 aliphatic carbocycles. The summed E-state index contributed by atoms with van der Waals surface area (Å²) < 4.78 is 11.5. The van der Waals surface area contributed by atoms with E-state index in [1.807, 2.05) is 48.5 Å². The number of allylic oxidation sites excluding steroid dienone is 4. The number of rotatable bonds is 9. The summed E-state index contributed by atoms with van der Waals surface area (Å²) >= 11 is 0. The number of para-hydroxylation sites is 3. The summed E-state index contributed by atoms with van der Waals surface area (Å²) in [7, 11) is 1.74. The van der Waals surface area contributed by atoms with Crippen molar-refractivity contribution >= 4 is 28.4 Å². The molecule has 0 fully saturated rings. The van der Waals surface area contributed by atoms with E-state index < -0.39 is 0 Å². The van der Waals surface area contributed by atoms with Gasteiger partial charge in [-0.15, -0.1) is 0 Å². The smallest absolute Gasteiger partial charge is 0.127 e. The quantitative estimate of drug-likeness (QED) is 0.187. The van der Waals surface area contributed by atoms with Crippen LogP contribution >= 0.6 is 0 Å². The molecule has 5 aromatic rings. The summed E-state index contributed by atoms with van der Waals surface area (Å²) in [5, 5.41) is 0. The Labute approximate surface area is 242 Å². The molecule has 1 aliphatic rings. The fourth-order valence-electron chi connectivity index (χ4n) is 5.08. The van der Waals surface area contributed by atoms with Crippen molar-refractivity contribution < 1.29 is 9.47 Å². The number of anilines is 5. The monoisotopic (exact) mass is 536 g/mol. The Morgan fingerprint density at radius 1 is 0.439 bits per heavy atom. The van der Waals surface area contributed by atoms with Gasteiger partial charge in [-0.3, -0.25) is 0 Å². The Morgan fingerprint density at radius 3 is 1.39 bits per heavy atom. The highest BCUT2D eigenvalue weighted by Gasteiger charge is 2.19. The first-order valence-corrected chi connectivity index (χ1v) is 13.9. The van der Waals surface area contributed by atoms with Gasteiger partial charge in [-0.25, -0.2) is 0 Å². The lowest BCUT2D eigenvalue weighted by atomic mass is 10.1. The topological polar surface area (TPSA) is 24.9 Å².